The van der Waals surface area contributed by atoms with Crippen LogP contribution in [0.3, 0.4) is 0 Å². The van der Waals surface area contributed by atoms with Gasteiger partial charge in [0.15, 0.2) is 0 Å². The molecule has 100 valence electrons. The van der Waals surface area contributed by atoms with Gasteiger partial charge >= 0.3 is 0 Å². The molecule has 2 aromatic carbocycles. The summed E-state index contributed by atoms with van der Waals surface area (Å²) in [4.78, 5) is 0. The zero-order valence-electron chi connectivity index (χ0n) is 10.7. The summed E-state index contributed by atoms with van der Waals surface area (Å²) in [5, 5.41) is 2.34. The fourth-order valence-electron chi connectivity index (χ4n) is 2.25. The molecule has 2 rings (SSSR count). The summed E-state index contributed by atoms with van der Waals surface area (Å²) >= 11 is 15.8. The summed E-state index contributed by atoms with van der Waals surface area (Å²) in [5.74, 6) is 0.417. The predicted octanol–water partition coefficient (Wildman–Crippen LogP) is 6.02. The smallest absolute Gasteiger partial charge is 0.0453 e. The van der Waals surface area contributed by atoms with Gasteiger partial charge in [-0.15, -0.1) is 0 Å². The lowest BCUT2D eigenvalue weighted by atomic mass is 9.91. The summed E-state index contributed by atoms with van der Waals surface area (Å²) in [6.07, 6.45) is 0.909. The number of benzene rings is 2. The van der Waals surface area contributed by atoms with Gasteiger partial charge in [-0.25, -0.2) is 0 Å². The van der Waals surface area contributed by atoms with E-state index in [4.69, 9.17) is 23.2 Å². The van der Waals surface area contributed by atoms with E-state index in [2.05, 4.69) is 47.1 Å². The van der Waals surface area contributed by atoms with Gasteiger partial charge < -0.3 is 0 Å². The van der Waals surface area contributed by atoms with Crippen LogP contribution in [0.1, 0.15) is 22.6 Å². The van der Waals surface area contributed by atoms with Crippen molar-refractivity contribution in [2.24, 2.45) is 0 Å². The molecule has 0 aliphatic carbocycles. The first-order valence-corrected chi connectivity index (χ1v) is 8.05. The molecule has 0 aliphatic rings. The third-order valence-corrected chi connectivity index (χ3v) is 4.66. The van der Waals surface area contributed by atoms with Gasteiger partial charge in [0.2, 0.25) is 0 Å². The Hall–Kier alpha value is -0.500. The first-order valence-electron chi connectivity index (χ1n) is 6.17. The molecule has 2 aromatic rings. The maximum atomic E-state index is 6.26. The Bertz CT molecular complexity index is 566. The van der Waals surface area contributed by atoms with Crippen molar-refractivity contribution in [1.82, 2.24) is 0 Å². The van der Waals surface area contributed by atoms with Gasteiger partial charge in [0.25, 0.3) is 0 Å². The topological polar surface area (TPSA) is 0 Å². The molecular weight excluding hydrogens is 343 g/mol. The van der Waals surface area contributed by atoms with Gasteiger partial charge in [-0.05, 0) is 48.1 Å². The molecule has 1 unspecified atom stereocenters. The first kappa shape index (κ1) is 14.9. The Labute approximate surface area is 132 Å². The Morgan fingerprint density at radius 2 is 1.84 bits per heavy atom. The second-order valence-electron chi connectivity index (χ2n) is 4.65. The zero-order chi connectivity index (χ0) is 13.8. The number of hydrogen-bond donors (Lipinski definition) is 0. The third kappa shape index (κ3) is 3.75. The van der Waals surface area contributed by atoms with Crippen molar-refractivity contribution in [3.8, 4) is 0 Å². The number of hydrogen-bond acceptors (Lipinski definition) is 0. The van der Waals surface area contributed by atoms with E-state index in [0.29, 0.717) is 10.9 Å². The predicted molar refractivity (Wildman–Crippen MR) is 87.9 cm³/mol. The maximum absolute atomic E-state index is 6.26. The van der Waals surface area contributed by atoms with Gasteiger partial charge in [-0.1, -0.05) is 69.5 Å². The number of halogens is 3. The molecule has 3 heteroatoms. The minimum Gasteiger partial charge on any atom is -0.0921 e. The summed E-state index contributed by atoms with van der Waals surface area (Å²) in [7, 11) is 0. The fourth-order valence-corrected chi connectivity index (χ4v) is 3.31. The highest BCUT2D eigenvalue weighted by Gasteiger charge is 2.14. The second-order valence-corrected chi connectivity index (χ2v) is 6.14. The number of aryl methyl sites for hydroxylation is 1. The van der Waals surface area contributed by atoms with Crippen LogP contribution in [0.5, 0.6) is 0 Å². The molecule has 0 aromatic heterocycles. The van der Waals surface area contributed by atoms with Crippen LogP contribution in [0.15, 0.2) is 42.5 Å². The van der Waals surface area contributed by atoms with Crippen molar-refractivity contribution < 1.29 is 0 Å². The molecule has 19 heavy (non-hydrogen) atoms. The van der Waals surface area contributed by atoms with E-state index in [1.54, 1.807) is 0 Å². The Balaban J connectivity index is 2.27. The molecule has 0 amide bonds. The standard InChI is InChI=1S/C16H15BrCl2/c1-11-4-2-3-5-15(11)13(10-17)8-12-6-7-14(18)9-16(12)19/h2-7,9,13H,8,10H2,1H3. The largest absolute Gasteiger partial charge is 0.0921 e. The molecule has 0 N–H and O–H groups in total. The molecule has 0 bridgehead atoms. The molecule has 0 fully saturated rings. The van der Waals surface area contributed by atoms with E-state index in [0.717, 1.165) is 22.3 Å². The molecule has 0 aliphatic heterocycles. The van der Waals surface area contributed by atoms with E-state index in [9.17, 15) is 0 Å². The number of rotatable bonds is 4. The lowest BCUT2D eigenvalue weighted by molar-refractivity contribution is 0.769. The molecule has 0 spiro atoms. The van der Waals surface area contributed by atoms with Crippen LogP contribution in [0.2, 0.25) is 10.0 Å². The van der Waals surface area contributed by atoms with Crippen molar-refractivity contribution in [1.29, 1.82) is 0 Å². The number of alkyl halides is 1. The monoisotopic (exact) mass is 356 g/mol. The Morgan fingerprint density at radius 3 is 2.47 bits per heavy atom. The summed E-state index contributed by atoms with van der Waals surface area (Å²) in [6.45, 7) is 2.15. The second kappa shape index (κ2) is 6.78. The van der Waals surface area contributed by atoms with Crippen LogP contribution < -0.4 is 0 Å². The molecule has 1 atom stereocenters. The summed E-state index contributed by atoms with van der Waals surface area (Å²) in [5.41, 5.74) is 3.82. The minimum absolute atomic E-state index is 0.417. The Morgan fingerprint density at radius 1 is 1.11 bits per heavy atom. The van der Waals surface area contributed by atoms with Crippen LogP contribution in [-0.2, 0) is 6.42 Å². The molecule has 0 saturated heterocycles. The van der Waals surface area contributed by atoms with Crippen LogP contribution in [-0.4, -0.2) is 5.33 Å². The highest BCUT2D eigenvalue weighted by molar-refractivity contribution is 9.09. The van der Waals surface area contributed by atoms with Gasteiger partial charge in [0.1, 0.15) is 0 Å². The van der Waals surface area contributed by atoms with Gasteiger partial charge in [-0.2, -0.15) is 0 Å². The quantitative estimate of drug-likeness (QED) is 0.586. The summed E-state index contributed by atoms with van der Waals surface area (Å²) in [6, 6.07) is 14.2. The van der Waals surface area contributed by atoms with Gasteiger partial charge in [0, 0.05) is 15.4 Å². The lowest BCUT2D eigenvalue weighted by Gasteiger charge is -2.18. The molecule has 0 saturated carbocycles. The van der Waals surface area contributed by atoms with E-state index in [1.165, 1.54) is 11.1 Å². The van der Waals surface area contributed by atoms with Crippen LogP contribution in [0.4, 0.5) is 0 Å². The van der Waals surface area contributed by atoms with Crippen LogP contribution in [0, 0.1) is 6.92 Å². The minimum atomic E-state index is 0.417. The average Bonchev–Trinajstić information content (AvgIpc) is 2.39. The van der Waals surface area contributed by atoms with E-state index >= 15 is 0 Å². The molecular formula is C16H15BrCl2. The molecule has 0 radical (unpaired) electrons. The lowest BCUT2D eigenvalue weighted by Crippen LogP contribution is -2.06. The first-order chi connectivity index (χ1) is 9.11. The molecule has 0 nitrogen and oxygen atoms in total. The van der Waals surface area contributed by atoms with Crippen molar-refractivity contribution in [2.75, 3.05) is 5.33 Å². The SMILES string of the molecule is Cc1ccccc1C(CBr)Cc1ccc(Cl)cc1Cl. The highest BCUT2D eigenvalue weighted by atomic mass is 79.9. The van der Waals surface area contributed by atoms with Crippen molar-refractivity contribution in [2.45, 2.75) is 19.3 Å². The average molecular weight is 358 g/mol. The van der Waals surface area contributed by atoms with E-state index < -0.39 is 0 Å². The fraction of sp³-hybridized carbons (Fsp3) is 0.250. The van der Waals surface area contributed by atoms with Gasteiger partial charge in [0.05, 0.1) is 0 Å². The summed E-state index contributed by atoms with van der Waals surface area (Å²) < 4.78 is 0. The normalized spacial score (nSPS) is 12.4. The third-order valence-electron chi connectivity index (χ3n) is 3.30. The Kier molecular flexibility index (Phi) is 5.32. The van der Waals surface area contributed by atoms with Crippen molar-refractivity contribution >= 4 is 39.1 Å². The highest BCUT2D eigenvalue weighted by Crippen LogP contribution is 2.29. The van der Waals surface area contributed by atoms with Crippen molar-refractivity contribution in [3.63, 3.8) is 0 Å². The van der Waals surface area contributed by atoms with Crippen molar-refractivity contribution in [3.05, 3.63) is 69.2 Å². The van der Waals surface area contributed by atoms with E-state index in [-0.39, 0.29) is 0 Å². The van der Waals surface area contributed by atoms with Crippen LogP contribution in [0.25, 0.3) is 0 Å². The van der Waals surface area contributed by atoms with Gasteiger partial charge in [-0.3, -0.25) is 0 Å². The maximum Gasteiger partial charge on any atom is 0.0453 e. The zero-order valence-corrected chi connectivity index (χ0v) is 13.8. The van der Waals surface area contributed by atoms with Crippen LogP contribution >= 0.6 is 39.1 Å². The molecule has 0 heterocycles. The van der Waals surface area contributed by atoms with E-state index in [1.807, 2.05) is 18.2 Å².